The molecule has 26 heavy (non-hydrogen) atoms. The molecule has 0 aromatic heterocycles. The fourth-order valence-electron chi connectivity index (χ4n) is 2.73. The van der Waals surface area contributed by atoms with E-state index in [9.17, 15) is 4.57 Å². The Kier molecular flexibility index (Phi) is 12.5. The molecule has 150 valence electrons. The lowest BCUT2D eigenvalue weighted by Gasteiger charge is -2.19. The first-order valence-electron chi connectivity index (χ1n) is 10.2. The van der Waals surface area contributed by atoms with Crippen molar-refractivity contribution in [2.75, 3.05) is 19.9 Å². The van der Waals surface area contributed by atoms with Crippen molar-refractivity contribution in [1.82, 2.24) is 0 Å². The summed E-state index contributed by atoms with van der Waals surface area (Å²) < 4.78 is 29.7. The maximum atomic E-state index is 13.0. The van der Waals surface area contributed by atoms with Gasteiger partial charge in [0, 0.05) is 0 Å². The molecule has 1 aromatic carbocycles. The van der Waals surface area contributed by atoms with Crippen molar-refractivity contribution in [3.05, 3.63) is 24.3 Å². The van der Waals surface area contributed by atoms with E-state index in [0.29, 0.717) is 18.5 Å². The molecule has 0 fully saturated rings. The van der Waals surface area contributed by atoms with Gasteiger partial charge < -0.3 is 9.26 Å². The molecular weight excluding hydrogens is 347 g/mol. The molecule has 0 bridgehead atoms. The maximum absolute atomic E-state index is 13.0. The summed E-state index contributed by atoms with van der Waals surface area (Å²) in [6.07, 6.45) is 12.1. The van der Waals surface area contributed by atoms with E-state index in [1.807, 2.05) is 0 Å². The van der Waals surface area contributed by atoms with E-state index in [0.717, 1.165) is 31.4 Å². The molecule has 1 rings (SSSR count). The van der Waals surface area contributed by atoms with Gasteiger partial charge in [-0.15, -0.1) is 0 Å². The minimum atomic E-state index is -3.09. The third-order valence-corrected chi connectivity index (χ3v) is 6.30. The Morgan fingerprint density at radius 1 is 0.769 bits per heavy atom. The number of unbranched alkanes of at least 4 members (excludes halogenated alkanes) is 8. The van der Waals surface area contributed by atoms with Crippen LogP contribution in [-0.2, 0) is 9.09 Å². The summed E-state index contributed by atoms with van der Waals surface area (Å²) >= 11 is 0. The average molecular weight is 384 g/mol. The van der Waals surface area contributed by atoms with Crippen LogP contribution < -0.4 is 9.26 Å². The predicted octanol–water partition coefficient (Wildman–Crippen LogP) is 7.22. The zero-order valence-corrected chi connectivity index (χ0v) is 17.8. The van der Waals surface area contributed by atoms with Crippen LogP contribution >= 0.6 is 7.60 Å². The number of hydrogen-bond acceptors (Lipinski definition) is 4. The molecule has 0 aliphatic rings. The van der Waals surface area contributed by atoms with Gasteiger partial charge in [0.2, 0.25) is 0 Å². The average Bonchev–Trinajstić information content (AvgIpc) is 2.66. The van der Waals surface area contributed by atoms with Crippen LogP contribution in [0.4, 0.5) is 0 Å². The van der Waals surface area contributed by atoms with Crippen LogP contribution in [0.15, 0.2) is 24.3 Å². The van der Waals surface area contributed by atoms with Crippen LogP contribution in [-0.4, -0.2) is 19.9 Å². The summed E-state index contributed by atoms with van der Waals surface area (Å²) in [6, 6.07) is 7.16. The minimum absolute atomic E-state index is 0.465. The molecule has 0 saturated heterocycles. The van der Waals surface area contributed by atoms with E-state index in [4.69, 9.17) is 13.8 Å². The van der Waals surface area contributed by atoms with Gasteiger partial charge in [0.15, 0.2) is 0 Å². The third-order valence-electron chi connectivity index (χ3n) is 4.38. The molecule has 4 nitrogen and oxygen atoms in total. The molecule has 0 spiro atoms. The van der Waals surface area contributed by atoms with Crippen molar-refractivity contribution in [3.8, 4) is 11.5 Å². The summed E-state index contributed by atoms with van der Waals surface area (Å²) in [5.74, 6) is 1.32. The molecule has 0 aliphatic heterocycles. The van der Waals surface area contributed by atoms with Gasteiger partial charge in [-0.1, -0.05) is 65.2 Å². The van der Waals surface area contributed by atoms with Crippen LogP contribution in [0.3, 0.4) is 0 Å². The standard InChI is InChI=1S/C21H37O4P/c1-4-6-8-9-10-11-12-13-18-24-26(22,19-7-5-2)25-21-16-14-20(23-3)15-17-21/h14-17H,4-13,18-19H2,1-3H3. The molecule has 0 saturated carbocycles. The lowest BCUT2D eigenvalue weighted by atomic mass is 10.1. The lowest BCUT2D eigenvalue weighted by molar-refractivity contribution is 0.256. The van der Waals surface area contributed by atoms with Gasteiger partial charge >= 0.3 is 7.60 Å². The zero-order chi connectivity index (χ0) is 19.1. The second-order valence-electron chi connectivity index (χ2n) is 6.76. The number of benzene rings is 1. The monoisotopic (exact) mass is 384 g/mol. The van der Waals surface area contributed by atoms with Crippen LogP contribution in [0, 0.1) is 0 Å². The lowest BCUT2D eigenvalue weighted by Crippen LogP contribution is -2.04. The second-order valence-corrected chi connectivity index (χ2v) is 8.87. The topological polar surface area (TPSA) is 44.8 Å². The predicted molar refractivity (Wildman–Crippen MR) is 110 cm³/mol. The van der Waals surface area contributed by atoms with E-state index >= 15 is 0 Å². The Morgan fingerprint density at radius 3 is 1.88 bits per heavy atom. The van der Waals surface area contributed by atoms with Gasteiger partial charge in [0.25, 0.3) is 0 Å². The van der Waals surface area contributed by atoms with Crippen LogP contribution in [0.1, 0.15) is 78.1 Å². The van der Waals surface area contributed by atoms with Gasteiger partial charge in [0.05, 0.1) is 19.9 Å². The SMILES string of the molecule is CCCCCCCCCCOP(=O)(CCCC)Oc1ccc(OC)cc1. The Bertz CT molecular complexity index is 501. The summed E-state index contributed by atoms with van der Waals surface area (Å²) in [7, 11) is -1.47. The molecule has 0 radical (unpaired) electrons. The van der Waals surface area contributed by atoms with Crippen molar-refractivity contribution < 1.29 is 18.3 Å². The molecule has 5 heteroatoms. The molecular formula is C21H37O4P. The molecule has 0 heterocycles. The molecule has 0 amide bonds. The quantitative estimate of drug-likeness (QED) is 0.223. The van der Waals surface area contributed by atoms with E-state index in [-0.39, 0.29) is 0 Å². The normalized spacial score (nSPS) is 13.3. The van der Waals surface area contributed by atoms with Crippen molar-refractivity contribution in [3.63, 3.8) is 0 Å². The van der Waals surface area contributed by atoms with Gasteiger partial charge in [0.1, 0.15) is 11.5 Å². The van der Waals surface area contributed by atoms with Gasteiger partial charge in [-0.2, -0.15) is 0 Å². The highest BCUT2D eigenvalue weighted by atomic mass is 31.2. The van der Waals surface area contributed by atoms with Gasteiger partial charge in [-0.3, -0.25) is 4.52 Å². The van der Waals surface area contributed by atoms with Gasteiger partial charge in [-0.05, 0) is 37.1 Å². The fourth-order valence-corrected chi connectivity index (χ4v) is 4.55. The highest BCUT2D eigenvalue weighted by Gasteiger charge is 2.25. The summed E-state index contributed by atoms with van der Waals surface area (Å²) in [5.41, 5.74) is 0. The maximum Gasteiger partial charge on any atom is 0.379 e. The number of hydrogen-bond donors (Lipinski definition) is 0. The summed E-state index contributed by atoms with van der Waals surface area (Å²) in [6.45, 7) is 4.82. The smallest absolute Gasteiger partial charge is 0.379 e. The fraction of sp³-hybridized carbons (Fsp3) is 0.714. The number of ether oxygens (including phenoxy) is 1. The zero-order valence-electron chi connectivity index (χ0n) is 16.9. The third kappa shape index (κ3) is 10.2. The number of rotatable bonds is 16. The van der Waals surface area contributed by atoms with E-state index < -0.39 is 7.60 Å². The summed E-state index contributed by atoms with van der Waals surface area (Å²) in [5, 5.41) is 0. The van der Waals surface area contributed by atoms with Crippen LogP contribution in [0.5, 0.6) is 11.5 Å². The first kappa shape index (κ1) is 23.0. The molecule has 1 unspecified atom stereocenters. The largest absolute Gasteiger partial charge is 0.497 e. The minimum Gasteiger partial charge on any atom is -0.497 e. The first-order valence-corrected chi connectivity index (χ1v) is 11.9. The van der Waals surface area contributed by atoms with Crippen molar-refractivity contribution >= 4 is 7.60 Å². The van der Waals surface area contributed by atoms with E-state index in [1.54, 1.807) is 31.4 Å². The highest BCUT2D eigenvalue weighted by Crippen LogP contribution is 2.49. The van der Waals surface area contributed by atoms with Crippen LogP contribution in [0.2, 0.25) is 0 Å². The highest BCUT2D eigenvalue weighted by molar-refractivity contribution is 7.54. The summed E-state index contributed by atoms with van der Waals surface area (Å²) in [4.78, 5) is 0. The first-order chi connectivity index (χ1) is 12.6. The van der Waals surface area contributed by atoms with Gasteiger partial charge in [-0.25, -0.2) is 4.57 Å². The Balaban J connectivity index is 2.35. The number of methoxy groups -OCH3 is 1. The molecule has 0 aliphatic carbocycles. The molecule has 1 aromatic rings. The molecule has 1 atom stereocenters. The Labute approximate surface area is 160 Å². The van der Waals surface area contributed by atoms with Crippen molar-refractivity contribution in [2.45, 2.75) is 78.1 Å². The van der Waals surface area contributed by atoms with Crippen LogP contribution in [0.25, 0.3) is 0 Å². The van der Waals surface area contributed by atoms with Crippen molar-refractivity contribution in [1.29, 1.82) is 0 Å². The molecule has 0 N–H and O–H groups in total. The van der Waals surface area contributed by atoms with Crippen molar-refractivity contribution in [2.24, 2.45) is 0 Å². The Morgan fingerprint density at radius 2 is 1.31 bits per heavy atom. The van der Waals surface area contributed by atoms with E-state index in [2.05, 4.69) is 13.8 Å². The van der Waals surface area contributed by atoms with E-state index in [1.165, 1.54) is 38.5 Å². The Hall–Kier alpha value is -0.990. The second kappa shape index (κ2) is 14.1.